The summed E-state index contributed by atoms with van der Waals surface area (Å²) in [5, 5.41) is 4.75. The number of benzene rings is 5. The molecule has 156 valence electrons. The van der Waals surface area contributed by atoms with Crippen molar-refractivity contribution in [2.45, 2.75) is 0 Å². The van der Waals surface area contributed by atoms with Crippen LogP contribution >= 0.6 is 0 Å². The van der Waals surface area contributed by atoms with Gasteiger partial charge in [0, 0.05) is 33.0 Å². The zero-order chi connectivity index (χ0) is 22.9. The molecule has 32 heavy (non-hydrogen) atoms. The molecule has 0 aliphatic carbocycles. The molecule has 8 heteroatoms. The second kappa shape index (κ2) is 6.39. The predicted molar refractivity (Wildman–Crippen MR) is 122 cm³/mol. The highest BCUT2D eigenvalue weighted by atomic mass is 16.2. The lowest BCUT2D eigenvalue weighted by atomic mass is 9.84. The highest BCUT2D eigenvalue weighted by Crippen LogP contribution is 2.43. The molecular formula is C24H16N4O4. The Balaban J connectivity index is 2.17. The first-order chi connectivity index (χ1) is 15.2. The Morgan fingerprint density at radius 3 is 0.781 bits per heavy atom. The third-order valence-electron chi connectivity index (χ3n) is 5.96. The monoisotopic (exact) mass is 424 g/mol. The number of primary amides is 4. The van der Waals surface area contributed by atoms with E-state index in [2.05, 4.69) is 0 Å². The van der Waals surface area contributed by atoms with Crippen LogP contribution in [0.5, 0.6) is 0 Å². The van der Waals surface area contributed by atoms with Gasteiger partial charge in [0.2, 0.25) is 23.6 Å². The van der Waals surface area contributed by atoms with E-state index in [9.17, 15) is 19.2 Å². The molecule has 5 rings (SSSR count). The normalized spacial score (nSPS) is 11.5. The Bertz CT molecular complexity index is 1450. The van der Waals surface area contributed by atoms with Crippen LogP contribution in [0.4, 0.5) is 0 Å². The predicted octanol–water partition coefficient (Wildman–Crippen LogP) is 2.13. The summed E-state index contributed by atoms with van der Waals surface area (Å²) in [5.74, 6) is -2.78. The summed E-state index contributed by atoms with van der Waals surface area (Å²) in [5.41, 5.74) is 23.0. The van der Waals surface area contributed by atoms with Gasteiger partial charge >= 0.3 is 0 Å². The van der Waals surface area contributed by atoms with Crippen LogP contribution in [0.3, 0.4) is 0 Å². The van der Waals surface area contributed by atoms with Gasteiger partial charge in [-0.15, -0.1) is 0 Å². The largest absolute Gasteiger partial charge is 0.366 e. The average molecular weight is 424 g/mol. The molecule has 0 spiro atoms. The van der Waals surface area contributed by atoms with Crippen molar-refractivity contribution in [2.24, 2.45) is 22.9 Å². The molecule has 0 atom stereocenters. The van der Waals surface area contributed by atoms with Gasteiger partial charge in [-0.1, -0.05) is 24.3 Å². The minimum Gasteiger partial charge on any atom is -0.366 e. The van der Waals surface area contributed by atoms with E-state index in [1.807, 2.05) is 0 Å². The molecule has 8 nitrogen and oxygen atoms in total. The van der Waals surface area contributed by atoms with Crippen molar-refractivity contribution in [1.82, 2.24) is 0 Å². The van der Waals surface area contributed by atoms with Gasteiger partial charge in [-0.2, -0.15) is 0 Å². The van der Waals surface area contributed by atoms with Gasteiger partial charge in [-0.3, -0.25) is 19.2 Å². The van der Waals surface area contributed by atoms with Crippen molar-refractivity contribution in [2.75, 3.05) is 0 Å². The van der Waals surface area contributed by atoms with Crippen LogP contribution in [0, 0.1) is 0 Å². The fourth-order valence-corrected chi connectivity index (χ4v) is 4.71. The maximum atomic E-state index is 12.2. The molecule has 5 aromatic carbocycles. The lowest BCUT2D eigenvalue weighted by Gasteiger charge is -2.19. The van der Waals surface area contributed by atoms with Crippen LogP contribution in [0.1, 0.15) is 41.4 Å². The van der Waals surface area contributed by atoms with E-state index in [-0.39, 0.29) is 22.3 Å². The molecule has 0 aliphatic rings. The van der Waals surface area contributed by atoms with Gasteiger partial charge < -0.3 is 22.9 Å². The molecule has 0 aromatic heterocycles. The van der Waals surface area contributed by atoms with Crippen molar-refractivity contribution >= 4 is 66.7 Å². The lowest BCUT2D eigenvalue weighted by Crippen LogP contribution is -2.17. The van der Waals surface area contributed by atoms with Gasteiger partial charge in [-0.05, 0) is 56.6 Å². The molecule has 0 fully saturated rings. The molecule has 5 aromatic rings. The second-order valence-corrected chi connectivity index (χ2v) is 7.60. The molecule has 8 N–H and O–H groups in total. The first-order valence-corrected chi connectivity index (χ1v) is 9.61. The van der Waals surface area contributed by atoms with Gasteiger partial charge in [-0.25, -0.2) is 0 Å². The van der Waals surface area contributed by atoms with Crippen LogP contribution in [-0.2, 0) is 0 Å². The van der Waals surface area contributed by atoms with Crippen LogP contribution < -0.4 is 22.9 Å². The Labute approximate surface area is 180 Å². The Hall–Kier alpha value is -4.72. The Kier molecular flexibility index (Phi) is 3.84. The van der Waals surface area contributed by atoms with Crippen LogP contribution in [0.15, 0.2) is 48.5 Å². The summed E-state index contributed by atoms with van der Waals surface area (Å²) in [7, 11) is 0. The molecular weight excluding hydrogens is 408 g/mol. The van der Waals surface area contributed by atoms with Crippen LogP contribution in [0.25, 0.3) is 43.1 Å². The number of fused-ring (bicyclic) bond motifs is 2. The van der Waals surface area contributed by atoms with Crippen molar-refractivity contribution in [3.63, 3.8) is 0 Å². The molecule has 0 radical (unpaired) electrons. The number of hydrogen-bond donors (Lipinski definition) is 4. The van der Waals surface area contributed by atoms with E-state index in [0.717, 1.165) is 0 Å². The van der Waals surface area contributed by atoms with E-state index in [0.29, 0.717) is 43.1 Å². The van der Waals surface area contributed by atoms with Gasteiger partial charge in [0.15, 0.2) is 0 Å². The van der Waals surface area contributed by atoms with E-state index in [4.69, 9.17) is 22.9 Å². The summed E-state index contributed by atoms with van der Waals surface area (Å²) < 4.78 is 0. The molecule has 0 heterocycles. The average Bonchev–Trinajstić information content (AvgIpc) is 2.75. The number of rotatable bonds is 4. The quantitative estimate of drug-likeness (QED) is 0.256. The van der Waals surface area contributed by atoms with Crippen molar-refractivity contribution in [3.8, 4) is 0 Å². The van der Waals surface area contributed by atoms with Gasteiger partial charge in [0.25, 0.3) is 0 Å². The molecule has 4 amide bonds. The highest BCUT2D eigenvalue weighted by molar-refractivity contribution is 6.38. The summed E-state index contributed by atoms with van der Waals surface area (Å²) >= 11 is 0. The van der Waals surface area contributed by atoms with E-state index >= 15 is 0 Å². The SMILES string of the molecule is NC(=O)c1ccc2c3ccc(C(N)=O)c4c(C(N)=O)ccc(c5ccc(C(N)=O)c1c25)c43. The third-order valence-corrected chi connectivity index (χ3v) is 5.96. The summed E-state index contributed by atoms with van der Waals surface area (Å²) in [6.45, 7) is 0. The van der Waals surface area contributed by atoms with E-state index in [1.54, 1.807) is 24.3 Å². The summed E-state index contributed by atoms with van der Waals surface area (Å²) in [6.07, 6.45) is 0. The molecule has 0 bridgehead atoms. The van der Waals surface area contributed by atoms with E-state index in [1.165, 1.54) is 24.3 Å². The maximum absolute atomic E-state index is 12.2. The summed E-state index contributed by atoms with van der Waals surface area (Å²) in [6, 6.07) is 13.0. The summed E-state index contributed by atoms with van der Waals surface area (Å²) in [4.78, 5) is 48.6. The Morgan fingerprint density at radius 1 is 0.375 bits per heavy atom. The Morgan fingerprint density at radius 2 is 0.594 bits per heavy atom. The zero-order valence-electron chi connectivity index (χ0n) is 16.6. The number of carbonyl (C=O) groups excluding carboxylic acids is 4. The van der Waals surface area contributed by atoms with Crippen molar-refractivity contribution in [3.05, 3.63) is 70.8 Å². The highest BCUT2D eigenvalue weighted by Gasteiger charge is 2.23. The van der Waals surface area contributed by atoms with Crippen molar-refractivity contribution < 1.29 is 19.2 Å². The molecule has 0 saturated carbocycles. The second-order valence-electron chi connectivity index (χ2n) is 7.60. The van der Waals surface area contributed by atoms with E-state index < -0.39 is 23.6 Å². The third kappa shape index (κ3) is 2.37. The lowest BCUT2D eigenvalue weighted by molar-refractivity contribution is 0.0988. The molecule has 0 aliphatic heterocycles. The van der Waals surface area contributed by atoms with Gasteiger partial charge in [0.1, 0.15) is 0 Å². The smallest absolute Gasteiger partial charge is 0.249 e. The van der Waals surface area contributed by atoms with Crippen LogP contribution in [0.2, 0.25) is 0 Å². The first kappa shape index (κ1) is 19.3. The minimum atomic E-state index is -0.694. The van der Waals surface area contributed by atoms with Crippen LogP contribution in [-0.4, -0.2) is 23.6 Å². The minimum absolute atomic E-state index is 0.168. The number of nitrogens with two attached hydrogens (primary N) is 4. The zero-order valence-corrected chi connectivity index (χ0v) is 16.6. The maximum Gasteiger partial charge on any atom is 0.249 e. The number of hydrogen-bond acceptors (Lipinski definition) is 4. The fraction of sp³-hybridized carbons (Fsp3) is 0. The van der Waals surface area contributed by atoms with Gasteiger partial charge in [0.05, 0.1) is 0 Å². The molecule has 0 unspecified atom stereocenters. The number of carbonyl (C=O) groups is 4. The standard InChI is InChI=1S/C24H16N4O4/c25-21(29)13-5-1-9-10-2-6-15(23(27)31)20-16(24(28)32)8-4-12(18(10)20)11-3-7-14(22(26)30)19(13)17(9)11/h1-8H,(H2,25,29)(H2,26,30)(H2,27,31)(H2,28,32). The van der Waals surface area contributed by atoms with Crippen molar-refractivity contribution in [1.29, 1.82) is 0 Å². The topological polar surface area (TPSA) is 172 Å². The molecule has 0 saturated heterocycles. The number of amides is 4. The first-order valence-electron chi connectivity index (χ1n) is 9.61. The fourth-order valence-electron chi connectivity index (χ4n) is 4.71.